The van der Waals surface area contributed by atoms with E-state index in [9.17, 15) is 9.90 Å². The van der Waals surface area contributed by atoms with Gasteiger partial charge in [-0.1, -0.05) is 13.8 Å². The molecule has 6 nitrogen and oxygen atoms in total. The lowest BCUT2D eigenvalue weighted by atomic mass is 9.43. The van der Waals surface area contributed by atoms with Gasteiger partial charge in [-0.05, 0) is 92.4 Å². The van der Waals surface area contributed by atoms with E-state index in [0.29, 0.717) is 35.9 Å². The normalized spacial score (nSPS) is 51.3. The molecule has 4 saturated carbocycles. The number of hydrogen-bond acceptors (Lipinski definition) is 6. The maximum atomic E-state index is 12.4. The molecule has 0 radical (unpaired) electrons. The number of hydrogen-bond donors (Lipinski definition) is 3. The second-order valence-corrected chi connectivity index (χ2v) is 13.1. The third-order valence-electron chi connectivity index (χ3n) is 12.0. The molecule has 0 aromatic carbocycles. The fraction of sp³-hybridized carbons (Fsp3) is 0.893. The van der Waals surface area contributed by atoms with Crippen LogP contribution in [0.15, 0.2) is 11.6 Å². The van der Waals surface area contributed by atoms with E-state index in [4.69, 9.17) is 10.5 Å². The summed E-state index contributed by atoms with van der Waals surface area (Å²) in [7, 11) is 0. The minimum Gasteiger partial charge on any atom is -0.458 e. The molecule has 34 heavy (non-hydrogen) atoms. The van der Waals surface area contributed by atoms with Gasteiger partial charge in [0.2, 0.25) is 0 Å². The highest BCUT2D eigenvalue weighted by atomic mass is 16.5. The van der Waals surface area contributed by atoms with Crippen LogP contribution in [0.3, 0.4) is 0 Å². The summed E-state index contributed by atoms with van der Waals surface area (Å²) in [6, 6.07) is 1.14. The van der Waals surface area contributed by atoms with Crippen LogP contribution in [0.5, 0.6) is 0 Å². The van der Waals surface area contributed by atoms with Gasteiger partial charge in [-0.3, -0.25) is 4.90 Å². The third-order valence-corrected chi connectivity index (χ3v) is 12.0. The largest absolute Gasteiger partial charge is 0.458 e. The van der Waals surface area contributed by atoms with Crippen molar-refractivity contribution in [2.45, 2.75) is 89.3 Å². The van der Waals surface area contributed by atoms with Gasteiger partial charge < -0.3 is 20.9 Å². The van der Waals surface area contributed by atoms with Gasteiger partial charge in [-0.2, -0.15) is 0 Å². The highest BCUT2D eigenvalue weighted by Crippen LogP contribution is 2.70. The van der Waals surface area contributed by atoms with E-state index in [1.165, 1.54) is 32.1 Å². The maximum absolute atomic E-state index is 12.4. The first-order chi connectivity index (χ1) is 16.3. The Hall–Kier alpha value is -0.950. The number of fused-ring (bicyclic) bond motifs is 5. The van der Waals surface area contributed by atoms with Gasteiger partial charge in [0, 0.05) is 49.8 Å². The minimum atomic E-state index is -0.606. The van der Waals surface area contributed by atoms with Gasteiger partial charge in [0.1, 0.15) is 6.61 Å². The van der Waals surface area contributed by atoms with Gasteiger partial charge in [0.05, 0.1) is 5.60 Å². The summed E-state index contributed by atoms with van der Waals surface area (Å²) in [5.41, 5.74) is 6.72. The van der Waals surface area contributed by atoms with Crippen LogP contribution in [0.4, 0.5) is 0 Å². The van der Waals surface area contributed by atoms with Crippen LogP contribution < -0.4 is 11.1 Å². The van der Waals surface area contributed by atoms with Crippen LogP contribution in [-0.4, -0.2) is 66.4 Å². The van der Waals surface area contributed by atoms with E-state index in [-0.39, 0.29) is 17.3 Å². The minimum absolute atomic E-state index is 0.133. The zero-order valence-corrected chi connectivity index (χ0v) is 21.2. The topological polar surface area (TPSA) is 87.8 Å². The first kappa shape index (κ1) is 23.4. The molecule has 6 rings (SSSR count). The number of esters is 1. The second-order valence-electron chi connectivity index (χ2n) is 13.1. The number of nitrogens with one attached hydrogen (secondary N) is 1. The van der Waals surface area contributed by atoms with Crippen molar-refractivity contribution in [3.8, 4) is 0 Å². The summed E-state index contributed by atoms with van der Waals surface area (Å²) >= 11 is 0. The van der Waals surface area contributed by atoms with Crippen LogP contribution in [0.1, 0.15) is 71.6 Å². The van der Waals surface area contributed by atoms with E-state index in [2.05, 4.69) is 24.1 Å². The molecule has 0 aromatic rings. The number of carbonyl (C=O) groups is 1. The molecule has 9 atom stereocenters. The Bertz CT molecular complexity index is 862. The molecule has 2 aliphatic heterocycles. The van der Waals surface area contributed by atoms with E-state index in [0.717, 1.165) is 63.4 Å². The quantitative estimate of drug-likeness (QED) is 0.549. The number of nitrogens with two attached hydrogens (primary N) is 1. The molecule has 2 heterocycles. The Morgan fingerprint density at radius 3 is 2.76 bits per heavy atom. The molecule has 4 N–H and O–H groups in total. The van der Waals surface area contributed by atoms with Gasteiger partial charge in [0.25, 0.3) is 0 Å². The van der Waals surface area contributed by atoms with E-state index < -0.39 is 5.60 Å². The first-order valence-corrected chi connectivity index (χ1v) is 14.1. The average molecular weight is 472 g/mol. The van der Waals surface area contributed by atoms with Gasteiger partial charge in [-0.25, -0.2) is 4.79 Å². The van der Waals surface area contributed by atoms with Crippen LogP contribution in [-0.2, 0) is 9.53 Å². The standard InChI is InChI=1S/C28H45N3O3/c1-26-8-5-21(31-12-11-30-20(15-29)16-31)14-19(26)3-4-24-23(26)6-9-27(2)22(7-10-28(24,27)33)18-13-25(32)34-17-18/h13,19-24,30,33H,3-12,14-17,29H2,1-2H3/t19-,20?,21+,22-,23+,24-,26+,27-,28+/m1/s1. The van der Waals surface area contributed by atoms with Gasteiger partial charge in [0.15, 0.2) is 0 Å². The summed E-state index contributed by atoms with van der Waals surface area (Å²) in [6.45, 7) is 9.37. The zero-order chi connectivity index (χ0) is 23.7. The molecular formula is C28H45N3O3. The smallest absolute Gasteiger partial charge is 0.331 e. The lowest BCUT2D eigenvalue weighted by Gasteiger charge is -2.64. The highest BCUT2D eigenvalue weighted by molar-refractivity contribution is 5.85. The van der Waals surface area contributed by atoms with Crippen LogP contribution in [0.25, 0.3) is 0 Å². The summed E-state index contributed by atoms with van der Waals surface area (Å²) < 4.78 is 5.27. The molecule has 6 aliphatic rings. The number of aliphatic hydroxyl groups is 1. The van der Waals surface area contributed by atoms with Crippen molar-refractivity contribution in [3.63, 3.8) is 0 Å². The highest BCUT2D eigenvalue weighted by Gasteiger charge is 2.67. The number of nitrogens with zero attached hydrogens (tertiary/aromatic N) is 1. The lowest BCUT2D eigenvalue weighted by molar-refractivity contribution is -0.206. The molecule has 0 amide bonds. The fourth-order valence-corrected chi connectivity index (χ4v) is 10.1. The number of cyclic esters (lactones) is 1. The Balaban J connectivity index is 1.20. The Morgan fingerprint density at radius 1 is 1.15 bits per heavy atom. The van der Waals surface area contributed by atoms with E-state index >= 15 is 0 Å². The Labute approximate surface area is 205 Å². The van der Waals surface area contributed by atoms with Crippen molar-refractivity contribution in [1.82, 2.24) is 10.2 Å². The maximum Gasteiger partial charge on any atom is 0.331 e. The van der Waals surface area contributed by atoms with E-state index in [1.807, 2.05) is 0 Å². The van der Waals surface area contributed by atoms with Crippen molar-refractivity contribution < 1.29 is 14.6 Å². The Morgan fingerprint density at radius 2 is 2.00 bits per heavy atom. The number of rotatable bonds is 3. The molecule has 1 unspecified atom stereocenters. The van der Waals surface area contributed by atoms with Crippen molar-refractivity contribution in [3.05, 3.63) is 11.6 Å². The van der Waals surface area contributed by atoms with Crippen molar-refractivity contribution >= 4 is 5.97 Å². The fourth-order valence-electron chi connectivity index (χ4n) is 10.1. The van der Waals surface area contributed by atoms with Gasteiger partial charge >= 0.3 is 5.97 Å². The molecule has 6 heteroatoms. The molecule has 1 saturated heterocycles. The molecule has 5 fully saturated rings. The van der Waals surface area contributed by atoms with Crippen LogP contribution >= 0.6 is 0 Å². The molecule has 0 spiro atoms. The molecule has 0 bridgehead atoms. The zero-order valence-electron chi connectivity index (χ0n) is 21.2. The molecule has 0 aromatic heterocycles. The monoisotopic (exact) mass is 471 g/mol. The Kier molecular flexibility index (Phi) is 5.72. The summed E-state index contributed by atoms with van der Waals surface area (Å²) in [5.74, 6) is 1.88. The predicted molar refractivity (Wildman–Crippen MR) is 132 cm³/mol. The van der Waals surface area contributed by atoms with Crippen molar-refractivity contribution in [2.24, 2.45) is 40.2 Å². The average Bonchev–Trinajstić information content (AvgIpc) is 3.38. The first-order valence-electron chi connectivity index (χ1n) is 14.1. The number of carbonyl (C=O) groups excluding carboxylic acids is 1. The van der Waals surface area contributed by atoms with Gasteiger partial charge in [-0.15, -0.1) is 0 Å². The molecule has 190 valence electrons. The van der Waals surface area contributed by atoms with Crippen molar-refractivity contribution in [1.29, 1.82) is 0 Å². The molecular weight excluding hydrogens is 426 g/mol. The second kappa shape index (κ2) is 8.29. The predicted octanol–water partition coefficient (Wildman–Crippen LogP) is 2.84. The van der Waals surface area contributed by atoms with Crippen molar-refractivity contribution in [2.75, 3.05) is 32.8 Å². The van der Waals surface area contributed by atoms with E-state index in [1.54, 1.807) is 6.08 Å². The lowest BCUT2D eigenvalue weighted by Crippen LogP contribution is -2.63. The van der Waals surface area contributed by atoms with Crippen LogP contribution in [0.2, 0.25) is 0 Å². The number of ether oxygens (including phenoxy) is 1. The summed E-state index contributed by atoms with van der Waals surface area (Å²) in [4.78, 5) is 14.5. The molecule has 4 aliphatic carbocycles. The number of piperazine rings is 1. The summed E-state index contributed by atoms with van der Waals surface area (Å²) in [6.07, 6.45) is 12.2. The SMILES string of the molecule is C[C@]12CC[C@H](N3CCNC(CN)C3)C[C@H]1CC[C@@H]1[C@@H]2CC[C@]2(C)[C@@H](C3=CC(=O)OC3)CC[C@]12O. The van der Waals surface area contributed by atoms with Crippen LogP contribution in [0, 0.1) is 34.5 Å². The summed E-state index contributed by atoms with van der Waals surface area (Å²) in [5, 5.41) is 16.0. The third kappa shape index (κ3) is 3.31.